The van der Waals surface area contributed by atoms with E-state index in [9.17, 15) is 9.18 Å². The molecule has 1 aromatic heterocycles. The lowest BCUT2D eigenvalue weighted by Gasteiger charge is -2.18. The molecule has 1 aliphatic heterocycles. The van der Waals surface area contributed by atoms with Crippen LogP contribution >= 0.6 is 11.8 Å². The maximum absolute atomic E-state index is 13.4. The Morgan fingerprint density at radius 3 is 2.77 bits per heavy atom. The van der Waals surface area contributed by atoms with Crippen LogP contribution in [0.25, 0.3) is 5.69 Å². The first-order valence-electron chi connectivity index (χ1n) is 9.70. The molecule has 31 heavy (non-hydrogen) atoms. The molecule has 1 aliphatic rings. The SMILES string of the molecule is C=CCOc1ccc([C@H]2SCC(=O)Nc3c2c(C)nn3-c2ccc(F)cc2)cc1OC. The van der Waals surface area contributed by atoms with Gasteiger partial charge in [0, 0.05) is 5.56 Å². The van der Waals surface area contributed by atoms with Crippen LogP contribution in [-0.4, -0.2) is 35.2 Å². The number of halogens is 1. The molecular weight excluding hydrogens is 417 g/mol. The van der Waals surface area contributed by atoms with Crippen LogP contribution in [0.1, 0.15) is 22.1 Å². The predicted octanol–water partition coefficient (Wildman–Crippen LogP) is 4.67. The molecule has 2 heterocycles. The van der Waals surface area contributed by atoms with Gasteiger partial charge in [0.1, 0.15) is 18.2 Å². The molecule has 0 bridgehead atoms. The van der Waals surface area contributed by atoms with Gasteiger partial charge in [-0.1, -0.05) is 18.7 Å². The van der Waals surface area contributed by atoms with Gasteiger partial charge in [0.15, 0.2) is 11.5 Å². The number of rotatable bonds is 6. The second kappa shape index (κ2) is 8.85. The van der Waals surface area contributed by atoms with Crippen LogP contribution in [0.4, 0.5) is 10.2 Å². The third-order valence-corrected chi connectivity index (χ3v) is 6.20. The Bertz CT molecular complexity index is 1130. The number of benzene rings is 2. The highest BCUT2D eigenvalue weighted by Crippen LogP contribution is 2.45. The smallest absolute Gasteiger partial charge is 0.235 e. The van der Waals surface area contributed by atoms with Crippen molar-refractivity contribution in [2.24, 2.45) is 0 Å². The van der Waals surface area contributed by atoms with Crippen LogP contribution in [0.2, 0.25) is 0 Å². The van der Waals surface area contributed by atoms with Crippen LogP contribution in [0.5, 0.6) is 11.5 Å². The van der Waals surface area contributed by atoms with E-state index in [4.69, 9.17) is 9.47 Å². The molecule has 160 valence electrons. The van der Waals surface area contributed by atoms with Crippen molar-refractivity contribution in [2.75, 3.05) is 24.8 Å². The minimum absolute atomic E-state index is 0.116. The number of hydrogen-bond acceptors (Lipinski definition) is 5. The first-order valence-corrected chi connectivity index (χ1v) is 10.7. The van der Waals surface area contributed by atoms with E-state index in [2.05, 4.69) is 17.0 Å². The van der Waals surface area contributed by atoms with Crippen molar-refractivity contribution >= 4 is 23.5 Å². The molecule has 8 heteroatoms. The average Bonchev–Trinajstić information content (AvgIpc) is 2.97. The zero-order chi connectivity index (χ0) is 22.0. The Kier molecular flexibility index (Phi) is 5.99. The fraction of sp³-hybridized carbons (Fsp3) is 0.217. The molecule has 4 rings (SSSR count). The molecule has 0 spiro atoms. The number of fused-ring (bicyclic) bond motifs is 1. The lowest BCUT2D eigenvalue weighted by Crippen LogP contribution is -2.15. The molecule has 0 aliphatic carbocycles. The molecule has 3 aromatic rings. The van der Waals surface area contributed by atoms with Crippen molar-refractivity contribution in [1.29, 1.82) is 0 Å². The molecule has 6 nitrogen and oxygen atoms in total. The normalized spacial score (nSPS) is 15.6. The van der Waals surface area contributed by atoms with Gasteiger partial charge in [0.2, 0.25) is 5.91 Å². The predicted molar refractivity (Wildman–Crippen MR) is 120 cm³/mol. The third kappa shape index (κ3) is 4.16. The second-order valence-corrected chi connectivity index (χ2v) is 8.08. The van der Waals surface area contributed by atoms with E-state index in [1.807, 2.05) is 25.1 Å². The largest absolute Gasteiger partial charge is 0.493 e. The number of nitrogens with zero attached hydrogens (tertiary/aromatic N) is 2. The summed E-state index contributed by atoms with van der Waals surface area (Å²) in [6, 6.07) is 11.8. The Hall–Kier alpha value is -3.26. The summed E-state index contributed by atoms with van der Waals surface area (Å²) < 4.78 is 26.2. The van der Waals surface area contributed by atoms with E-state index in [0.717, 1.165) is 16.8 Å². The quantitative estimate of drug-likeness (QED) is 0.566. The van der Waals surface area contributed by atoms with Gasteiger partial charge in [0.05, 0.1) is 29.5 Å². The molecule has 0 fully saturated rings. The zero-order valence-corrected chi connectivity index (χ0v) is 18.0. The maximum Gasteiger partial charge on any atom is 0.235 e. The number of amides is 1. The minimum Gasteiger partial charge on any atom is -0.493 e. The highest BCUT2D eigenvalue weighted by molar-refractivity contribution is 8.00. The van der Waals surface area contributed by atoms with Crippen LogP contribution in [-0.2, 0) is 4.79 Å². The molecule has 0 unspecified atom stereocenters. The monoisotopic (exact) mass is 439 g/mol. The van der Waals surface area contributed by atoms with Crippen molar-refractivity contribution in [1.82, 2.24) is 9.78 Å². The molecule has 2 aromatic carbocycles. The Labute approximate surface area is 184 Å². The van der Waals surface area contributed by atoms with Gasteiger partial charge in [0.25, 0.3) is 0 Å². The molecule has 0 saturated heterocycles. The lowest BCUT2D eigenvalue weighted by molar-refractivity contribution is -0.113. The molecular formula is C23H22FN3O3S. The summed E-state index contributed by atoms with van der Waals surface area (Å²) in [4.78, 5) is 12.5. The summed E-state index contributed by atoms with van der Waals surface area (Å²) in [6.45, 7) is 5.95. The summed E-state index contributed by atoms with van der Waals surface area (Å²) in [5, 5.41) is 7.47. The van der Waals surface area contributed by atoms with Crippen LogP contribution in [0.15, 0.2) is 55.1 Å². The van der Waals surface area contributed by atoms with Crippen molar-refractivity contribution in [2.45, 2.75) is 12.2 Å². The summed E-state index contributed by atoms with van der Waals surface area (Å²) >= 11 is 1.52. The molecule has 1 atom stereocenters. The Morgan fingerprint density at radius 2 is 2.06 bits per heavy atom. The van der Waals surface area contributed by atoms with Crippen molar-refractivity contribution in [3.63, 3.8) is 0 Å². The fourth-order valence-electron chi connectivity index (χ4n) is 3.53. The first kappa shape index (κ1) is 21.0. The van der Waals surface area contributed by atoms with E-state index < -0.39 is 0 Å². The number of aromatic nitrogens is 2. The highest BCUT2D eigenvalue weighted by atomic mass is 32.2. The molecule has 1 N–H and O–H groups in total. The van der Waals surface area contributed by atoms with Gasteiger partial charge >= 0.3 is 0 Å². The number of thioether (sulfide) groups is 1. The van der Waals surface area contributed by atoms with E-state index in [1.165, 1.54) is 23.9 Å². The maximum atomic E-state index is 13.4. The number of nitrogens with one attached hydrogen (secondary N) is 1. The number of carbonyl (C=O) groups is 1. The van der Waals surface area contributed by atoms with Crippen molar-refractivity contribution < 1.29 is 18.7 Å². The summed E-state index contributed by atoms with van der Waals surface area (Å²) in [5.74, 6) is 1.66. The van der Waals surface area contributed by atoms with E-state index in [0.29, 0.717) is 35.4 Å². The van der Waals surface area contributed by atoms with Gasteiger partial charge in [-0.15, -0.1) is 11.8 Å². The van der Waals surface area contributed by atoms with Gasteiger partial charge < -0.3 is 14.8 Å². The van der Waals surface area contributed by atoms with Crippen molar-refractivity contribution in [3.05, 3.63) is 77.8 Å². The second-order valence-electron chi connectivity index (χ2n) is 6.99. The average molecular weight is 440 g/mol. The van der Waals surface area contributed by atoms with Crippen LogP contribution in [0.3, 0.4) is 0 Å². The van der Waals surface area contributed by atoms with Gasteiger partial charge in [-0.05, 0) is 48.9 Å². The van der Waals surface area contributed by atoms with Crippen LogP contribution < -0.4 is 14.8 Å². The number of methoxy groups -OCH3 is 1. The van der Waals surface area contributed by atoms with Gasteiger partial charge in [-0.25, -0.2) is 9.07 Å². The number of ether oxygens (including phenoxy) is 2. The minimum atomic E-state index is -0.331. The molecule has 1 amide bonds. The van der Waals surface area contributed by atoms with Gasteiger partial charge in [-0.3, -0.25) is 4.79 Å². The first-order chi connectivity index (χ1) is 15.0. The molecule has 0 saturated carbocycles. The zero-order valence-electron chi connectivity index (χ0n) is 17.2. The Morgan fingerprint density at radius 1 is 1.29 bits per heavy atom. The topological polar surface area (TPSA) is 65.4 Å². The van der Waals surface area contributed by atoms with E-state index in [1.54, 1.807) is 30.0 Å². The molecule has 0 radical (unpaired) electrons. The number of hydrogen-bond donors (Lipinski definition) is 1. The number of carbonyl (C=O) groups excluding carboxylic acids is 1. The number of aryl methyl sites for hydroxylation is 1. The lowest BCUT2D eigenvalue weighted by atomic mass is 10.0. The summed E-state index contributed by atoms with van der Waals surface area (Å²) in [6.07, 6.45) is 1.67. The summed E-state index contributed by atoms with van der Waals surface area (Å²) in [5.41, 5.74) is 3.32. The van der Waals surface area contributed by atoms with E-state index >= 15 is 0 Å². The standard InChI is InChI=1S/C23H22FN3O3S/c1-4-11-30-18-10-5-15(12-19(18)29-3)22-21-14(2)26-27(17-8-6-16(24)7-9-17)23(21)25-20(28)13-31-22/h4-10,12,22H,1,11,13H2,2-3H3,(H,25,28)/t22-/m1/s1. The Balaban J connectivity index is 1.80. The van der Waals surface area contributed by atoms with Crippen molar-refractivity contribution in [3.8, 4) is 17.2 Å². The number of anilines is 1. The highest BCUT2D eigenvalue weighted by Gasteiger charge is 2.31. The summed E-state index contributed by atoms with van der Waals surface area (Å²) in [7, 11) is 1.59. The van der Waals surface area contributed by atoms with E-state index in [-0.39, 0.29) is 17.0 Å². The fourth-order valence-corrected chi connectivity index (χ4v) is 4.71. The third-order valence-electron chi connectivity index (χ3n) is 4.93. The van der Waals surface area contributed by atoms with Crippen LogP contribution in [0, 0.1) is 12.7 Å². The van der Waals surface area contributed by atoms with Gasteiger partial charge in [-0.2, -0.15) is 5.10 Å².